The number of H-pyrrole nitrogens is 2. The molecule has 0 bridgehead atoms. The number of aromatic nitrogens is 6. The number of hydrogen-bond acceptors (Lipinski definition) is 5. The average molecular weight is 439 g/mol. The zero-order valence-electron chi connectivity index (χ0n) is 17.0. The van der Waals surface area contributed by atoms with Crippen LogP contribution in [0.1, 0.15) is 0 Å². The topological polar surface area (TPSA) is 109 Å². The van der Waals surface area contributed by atoms with Crippen LogP contribution in [-0.4, -0.2) is 30.1 Å². The lowest BCUT2D eigenvalue weighted by atomic mass is 10.0. The molecule has 0 aliphatic carbocycles. The van der Waals surface area contributed by atoms with Gasteiger partial charge in [0, 0.05) is 40.8 Å². The molecule has 4 heterocycles. The quantitative estimate of drug-likeness (QED) is 0.356. The Hall–Kier alpha value is -4.66. The van der Waals surface area contributed by atoms with E-state index < -0.39 is 5.82 Å². The number of nitrogens with one attached hydrogen (secondary N) is 2. The Balaban J connectivity index is 1.56. The van der Waals surface area contributed by atoms with Crippen LogP contribution >= 0.6 is 0 Å². The van der Waals surface area contributed by atoms with Crippen LogP contribution in [0.2, 0.25) is 0 Å². The largest absolute Gasteiger partial charge is 0.397 e. The molecule has 9 heteroatoms. The zero-order valence-corrected chi connectivity index (χ0v) is 17.0. The third-order valence-corrected chi connectivity index (χ3v) is 5.51. The molecule has 0 atom stereocenters. The third kappa shape index (κ3) is 3.01. The summed E-state index contributed by atoms with van der Waals surface area (Å²) in [6, 6.07) is 13.2. The van der Waals surface area contributed by atoms with Crippen molar-refractivity contribution in [1.82, 2.24) is 30.1 Å². The molecule has 0 aliphatic rings. The Morgan fingerprint density at radius 1 is 0.909 bits per heavy atom. The van der Waals surface area contributed by atoms with Gasteiger partial charge in [0.2, 0.25) is 0 Å². The number of aromatic amines is 2. The van der Waals surface area contributed by atoms with Gasteiger partial charge in [-0.2, -0.15) is 5.10 Å². The zero-order chi connectivity index (χ0) is 22.5. The smallest absolute Gasteiger partial charge is 0.161 e. The number of imidazole rings is 1. The number of benzene rings is 2. The Labute approximate surface area is 185 Å². The first-order chi connectivity index (χ1) is 16.1. The summed E-state index contributed by atoms with van der Waals surface area (Å²) in [5.74, 6) is -0.535. The molecule has 0 saturated heterocycles. The second kappa shape index (κ2) is 7.20. The van der Waals surface area contributed by atoms with Gasteiger partial charge in [-0.05, 0) is 30.3 Å². The van der Waals surface area contributed by atoms with Gasteiger partial charge in [0.25, 0.3) is 0 Å². The van der Waals surface area contributed by atoms with E-state index in [9.17, 15) is 4.39 Å². The molecule has 2 aromatic carbocycles. The van der Waals surface area contributed by atoms with Gasteiger partial charge in [-0.3, -0.25) is 10.1 Å². The van der Waals surface area contributed by atoms with E-state index in [1.807, 2.05) is 0 Å². The summed E-state index contributed by atoms with van der Waals surface area (Å²) in [4.78, 5) is 16.1. The minimum Gasteiger partial charge on any atom is -0.397 e. The fourth-order valence-corrected chi connectivity index (χ4v) is 3.99. The van der Waals surface area contributed by atoms with Crippen molar-refractivity contribution in [2.24, 2.45) is 0 Å². The predicted molar refractivity (Wildman–Crippen MR) is 122 cm³/mol. The molecule has 0 unspecified atom stereocenters. The molecule has 4 aromatic heterocycles. The summed E-state index contributed by atoms with van der Waals surface area (Å²) in [5.41, 5.74) is 9.83. The van der Waals surface area contributed by atoms with Gasteiger partial charge in [-0.25, -0.2) is 18.7 Å². The normalized spacial score (nSPS) is 11.5. The van der Waals surface area contributed by atoms with Crippen LogP contribution in [0.15, 0.2) is 67.1 Å². The van der Waals surface area contributed by atoms with E-state index in [2.05, 4.69) is 30.1 Å². The number of nitrogen functional groups attached to an aromatic ring is 1. The molecular formula is C24H15F2N7. The van der Waals surface area contributed by atoms with Gasteiger partial charge in [0.1, 0.15) is 22.8 Å². The SMILES string of the molecule is Nc1cncc(-c2ccc3[nH]nc(-c4nc5c(-c6ccccc6F)ccnc5[nH]4)c3c2F)c1. The van der Waals surface area contributed by atoms with Crippen LogP contribution in [0, 0.1) is 11.6 Å². The van der Waals surface area contributed by atoms with Gasteiger partial charge in [-0.1, -0.05) is 18.2 Å². The van der Waals surface area contributed by atoms with Crippen molar-refractivity contribution < 1.29 is 8.78 Å². The van der Waals surface area contributed by atoms with Crippen molar-refractivity contribution in [2.75, 3.05) is 5.73 Å². The number of halogens is 2. The van der Waals surface area contributed by atoms with Crippen LogP contribution in [-0.2, 0) is 0 Å². The standard InChI is InChI=1S/C24H15F2N7/c25-17-4-2-1-3-15(17)16-7-8-29-23-21(16)30-24(31-23)22-19-18(32-33-22)6-5-14(20(19)26)12-9-13(27)11-28-10-12/h1-11H,27H2,(H,32,33)(H,29,30,31). The van der Waals surface area contributed by atoms with Crippen LogP contribution < -0.4 is 5.73 Å². The Morgan fingerprint density at radius 2 is 1.79 bits per heavy atom. The molecule has 0 amide bonds. The van der Waals surface area contributed by atoms with E-state index in [0.717, 1.165) is 0 Å². The fourth-order valence-electron chi connectivity index (χ4n) is 3.99. The highest BCUT2D eigenvalue weighted by atomic mass is 19.1. The maximum Gasteiger partial charge on any atom is 0.161 e. The summed E-state index contributed by atoms with van der Waals surface area (Å²) in [6.07, 6.45) is 4.62. The van der Waals surface area contributed by atoms with Crippen molar-refractivity contribution in [3.63, 3.8) is 0 Å². The monoisotopic (exact) mass is 439 g/mol. The van der Waals surface area contributed by atoms with Crippen molar-refractivity contribution in [3.05, 3.63) is 78.8 Å². The van der Waals surface area contributed by atoms with E-state index in [4.69, 9.17) is 5.73 Å². The summed E-state index contributed by atoms with van der Waals surface area (Å²) in [5, 5.41) is 7.40. The minimum atomic E-state index is -0.480. The molecule has 6 aromatic rings. The Bertz CT molecular complexity index is 1670. The van der Waals surface area contributed by atoms with E-state index in [0.29, 0.717) is 56.1 Å². The van der Waals surface area contributed by atoms with Crippen LogP contribution in [0.25, 0.3) is 55.8 Å². The summed E-state index contributed by atoms with van der Waals surface area (Å²) in [6.45, 7) is 0. The van der Waals surface area contributed by atoms with Gasteiger partial charge >= 0.3 is 0 Å². The van der Waals surface area contributed by atoms with Crippen LogP contribution in [0.3, 0.4) is 0 Å². The van der Waals surface area contributed by atoms with Gasteiger partial charge in [0.15, 0.2) is 11.5 Å². The molecule has 0 fully saturated rings. The first-order valence-electron chi connectivity index (χ1n) is 10.1. The Morgan fingerprint density at radius 3 is 2.64 bits per heavy atom. The number of nitrogens with zero attached hydrogens (tertiary/aromatic N) is 4. The molecule has 0 aliphatic heterocycles. The first kappa shape index (κ1) is 19.1. The van der Waals surface area contributed by atoms with Gasteiger partial charge in [0.05, 0.1) is 16.6 Å². The number of nitrogens with two attached hydrogens (primary N) is 1. The van der Waals surface area contributed by atoms with Crippen LogP contribution in [0.5, 0.6) is 0 Å². The fraction of sp³-hybridized carbons (Fsp3) is 0. The molecule has 6 rings (SSSR count). The van der Waals surface area contributed by atoms with Crippen molar-refractivity contribution in [2.45, 2.75) is 0 Å². The number of pyridine rings is 2. The highest BCUT2D eigenvalue weighted by molar-refractivity contribution is 5.98. The second-order valence-corrected chi connectivity index (χ2v) is 7.55. The molecule has 0 spiro atoms. The summed E-state index contributed by atoms with van der Waals surface area (Å²) < 4.78 is 30.1. The highest BCUT2D eigenvalue weighted by Crippen LogP contribution is 2.35. The van der Waals surface area contributed by atoms with E-state index >= 15 is 4.39 Å². The summed E-state index contributed by atoms with van der Waals surface area (Å²) in [7, 11) is 0. The molecular weight excluding hydrogens is 424 g/mol. The molecule has 160 valence electrons. The Kier molecular flexibility index (Phi) is 4.16. The highest BCUT2D eigenvalue weighted by Gasteiger charge is 2.21. The number of fused-ring (bicyclic) bond motifs is 2. The maximum atomic E-state index is 15.7. The molecule has 33 heavy (non-hydrogen) atoms. The minimum absolute atomic E-state index is 0.265. The van der Waals surface area contributed by atoms with Gasteiger partial charge < -0.3 is 10.7 Å². The van der Waals surface area contributed by atoms with Crippen molar-refractivity contribution in [3.8, 4) is 33.8 Å². The number of rotatable bonds is 3. The lowest BCUT2D eigenvalue weighted by Gasteiger charge is -2.05. The van der Waals surface area contributed by atoms with E-state index in [-0.39, 0.29) is 11.2 Å². The van der Waals surface area contributed by atoms with Gasteiger partial charge in [-0.15, -0.1) is 0 Å². The lowest BCUT2D eigenvalue weighted by Crippen LogP contribution is -1.91. The lowest BCUT2D eigenvalue weighted by molar-refractivity contribution is 0.631. The van der Waals surface area contributed by atoms with E-state index in [1.165, 1.54) is 12.3 Å². The molecule has 0 saturated carbocycles. The number of anilines is 1. The number of hydrogen-bond donors (Lipinski definition) is 3. The molecule has 4 N–H and O–H groups in total. The second-order valence-electron chi connectivity index (χ2n) is 7.55. The maximum absolute atomic E-state index is 15.7. The first-order valence-corrected chi connectivity index (χ1v) is 10.1. The predicted octanol–water partition coefficient (Wildman–Crippen LogP) is 5.09. The average Bonchev–Trinajstić information content (AvgIpc) is 3.44. The van der Waals surface area contributed by atoms with Crippen molar-refractivity contribution >= 4 is 27.8 Å². The van der Waals surface area contributed by atoms with Crippen molar-refractivity contribution in [1.29, 1.82) is 0 Å². The summed E-state index contributed by atoms with van der Waals surface area (Å²) >= 11 is 0. The third-order valence-electron chi connectivity index (χ3n) is 5.51. The van der Waals surface area contributed by atoms with Crippen LogP contribution in [0.4, 0.5) is 14.5 Å². The molecule has 7 nitrogen and oxygen atoms in total. The van der Waals surface area contributed by atoms with E-state index in [1.54, 1.807) is 54.9 Å². The molecule has 0 radical (unpaired) electrons.